The molecule has 0 saturated carbocycles. The van der Waals surface area contributed by atoms with E-state index in [2.05, 4.69) is 5.32 Å². The highest BCUT2D eigenvalue weighted by Gasteiger charge is 2.36. The molecule has 2 N–H and O–H groups in total. The zero-order valence-corrected chi connectivity index (χ0v) is 15.6. The lowest BCUT2D eigenvalue weighted by Crippen LogP contribution is -2.46. The zero-order chi connectivity index (χ0) is 19.4. The van der Waals surface area contributed by atoms with Gasteiger partial charge in [-0.1, -0.05) is 0 Å². The van der Waals surface area contributed by atoms with Crippen molar-refractivity contribution in [1.29, 1.82) is 0 Å². The Morgan fingerprint density at radius 2 is 1.96 bits per heavy atom. The van der Waals surface area contributed by atoms with E-state index in [0.29, 0.717) is 17.1 Å². The van der Waals surface area contributed by atoms with Crippen molar-refractivity contribution in [2.24, 2.45) is 0 Å². The van der Waals surface area contributed by atoms with Gasteiger partial charge in [0.05, 0.1) is 26.9 Å². The van der Waals surface area contributed by atoms with Gasteiger partial charge < -0.3 is 24.8 Å². The lowest BCUT2D eigenvalue weighted by molar-refractivity contribution is -0.124. The van der Waals surface area contributed by atoms with Crippen LogP contribution in [0.5, 0.6) is 11.5 Å². The number of benzene rings is 1. The van der Waals surface area contributed by atoms with Crippen LogP contribution in [0.1, 0.15) is 12.5 Å². The highest BCUT2D eigenvalue weighted by Crippen LogP contribution is 2.27. The lowest BCUT2D eigenvalue weighted by atomic mass is 10.1. The smallest absolute Gasteiger partial charge is 0.329 e. The summed E-state index contributed by atoms with van der Waals surface area (Å²) in [6, 6.07) is 4.39. The van der Waals surface area contributed by atoms with Gasteiger partial charge in [0.1, 0.15) is 17.2 Å². The van der Waals surface area contributed by atoms with Crippen molar-refractivity contribution in [3.05, 3.63) is 29.5 Å². The summed E-state index contributed by atoms with van der Waals surface area (Å²) in [5, 5.41) is 12.8. The molecule has 0 bridgehead atoms. The van der Waals surface area contributed by atoms with Crippen LogP contribution in [0.2, 0.25) is 0 Å². The molecule has 2 rings (SSSR count). The number of nitrogens with one attached hydrogen (secondary N) is 1. The molecule has 1 aliphatic heterocycles. The molecule has 26 heavy (non-hydrogen) atoms. The summed E-state index contributed by atoms with van der Waals surface area (Å²) in [6.45, 7) is 1.74. The van der Waals surface area contributed by atoms with Gasteiger partial charge in [-0.2, -0.15) is 0 Å². The first-order valence-electron chi connectivity index (χ1n) is 8.19. The molecule has 0 radical (unpaired) electrons. The van der Waals surface area contributed by atoms with Gasteiger partial charge in [0.2, 0.25) is 0 Å². The normalized spacial score (nSPS) is 18.3. The van der Waals surface area contributed by atoms with Crippen molar-refractivity contribution in [3.8, 4) is 11.5 Å². The zero-order valence-electron chi connectivity index (χ0n) is 15.6. The van der Waals surface area contributed by atoms with Crippen LogP contribution in [-0.2, 0) is 4.79 Å². The van der Waals surface area contributed by atoms with Crippen LogP contribution in [0.25, 0.3) is 6.08 Å². The second kappa shape index (κ2) is 8.20. The molecule has 1 aromatic carbocycles. The first-order chi connectivity index (χ1) is 12.3. The largest absolute Gasteiger partial charge is 0.497 e. The molecule has 1 saturated heterocycles. The maximum Gasteiger partial charge on any atom is 0.329 e. The third-order valence-electron chi connectivity index (χ3n) is 4.44. The van der Waals surface area contributed by atoms with Crippen molar-refractivity contribution in [1.82, 2.24) is 15.1 Å². The highest BCUT2D eigenvalue weighted by molar-refractivity contribution is 6.14. The van der Waals surface area contributed by atoms with E-state index in [0.717, 1.165) is 4.90 Å². The monoisotopic (exact) mass is 363 g/mol. The van der Waals surface area contributed by atoms with E-state index in [1.54, 1.807) is 31.4 Å². The van der Waals surface area contributed by atoms with E-state index in [9.17, 15) is 14.7 Å². The summed E-state index contributed by atoms with van der Waals surface area (Å²) < 4.78 is 10.4. The van der Waals surface area contributed by atoms with Crippen LogP contribution >= 0.6 is 0 Å². The lowest BCUT2D eigenvalue weighted by Gasteiger charge is -2.27. The van der Waals surface area contributed by atoms with E-state index in [1.807, 2.05) is 25.9 Å². The van der Waals surface area contributed by atoms with Crippen molar-refractivity contribution in [3.63, 3.8) is 0 Å². The number of β-amino-alcohol motifs (C(OH)–C–C–N with tert-alkyl or cyclic N) is 1. The van der Waals surface area contributed by atoms with E-state index in [-0.39, 0.29) is 18.3 Å². The number of amides is 3. The maximum atomic E-state index is 12.6. The van der Waals surface area contributed by atoms with E-state index < -0.39 is 18.0 Å². The third-order valence-corrected chi connectivity index (χ3v) is 4.44. The minimum atomic E-state index is -0.852. The number of methoxy groups -OCH3 is 2. The molecule has 0 aliphatic carbocycles. The number of hydrogen-bond acceptors (Lipinski definition) is 6. The molecule has 8 heteroatoms. The first-order valence-corrected chi connectivity index (χ1v) is 8.19. The van der Waals surface area contributed by atoms with Gasteiger partial charge in [0.25, 0.3) is 5.91 Å². The fraction of sp³-hybridized carbons (Fsp3) is 0.444. The standard InChI is InChI=1S/C18H25N3O5/c1-11(20(2)3)15(22)10-21-17(23)14(19-18(21)24)8-12-6-7-13(25-4)9-16(12)26-5/h6-9,11,15,22H,10H2,1-5H3,(H,19,24)/b14-8-. The summed E-state index contributed by atoms with van der Waals surface area (Å²) in [6.07, 6.45) is 0.690. The Balaban J connectivity index is 2.21. The van der Waals surface area contributed by atoms with E-state index in [4.69, 9.17) is 9.47 Å². The second-order valence-corrected chi connectivity index (χ2v) is 6.28. The molecule has 3 amide bonds. The number of aliphatic hydroxyl groups is 1. The molecule has 0 spiro atoms. The summed E-state index contributed by atoms with van der Waals surface area (Å²) in [5.41, 5.74) is 0.754. The number of rotatable bonds is 7. The van der Waals surface area contributed by atoms with Crippen LogP contribution in [0.3, 0.4) is 0 Å². The van der Waals surface area contributed by atoms with Crippen LogP contribution in [-0.4, -0.2) is 73.9 Å². The summed E-state index contributed by atoms with van der Waals surface area (Å²) >= 11 is 0. The Morgan fingerprint density at radius 3 is 2.54 bits per heavy atom. The van der Waals surface area contributed by atoms with Crippen LogP contribution in [0.4, 0.5) is 4.79 Å². The van der Waals surface area contributed by atoms with Gasteiger partial charge >= 0.3 is 6.03 Å². The van der Waals surface area contributed by atoms with Crippen molar-refractivity contribution >= 4 is 18.0 Å². The van der Waals surface area contributed by atoms with E-state index in [1.165, 1.54) is 7.11 Å². The molecule has 142 valence electrons. The first kappa shape index (κ1) is 19.7. The average molecular weight is 363 g/mol. The molecule has 8 nitrogen and oxygen atoms in total. The number of urea groups is 1. The maximum absolute atomic E-state index is 12.6. The fourth-order valence-corrected chi connectivity index (χ4v) is 2.51. The second-order valence-electron chi connectivity index (χ2n) is 6.28. The molecule has 0 aromatic heterocycles. The van der Waals surface area contributed by atoms with Crippen molar-refractivity contribution in [2.45, 2.75) is 19.1 Å². The van der Waals surface area contributed by atoms with Gasteiger partial charge in [-0.15, -0.1) is 0 Å². The Kier molecular flexibility index (Phi) is 6.23. The number of carbonyl (C=O) groups excluding carboxylic acids is 2. The van der Waals surface area contributed by atoms with Crippen LogP contribution < -0.4 is 14.8 Å². The quantitative estimate of drug-likeness (QED) is 0.553. The number of aliphatic hydroxyl groups excluding tert-OH is 1. The summed E-state index contributed by atoms with van der Waals surface area (Å²) in [7, 11) is 6.70. The average Bonchev–Trinajstić information content (AvgIpc) is 2.88. The Morgan fingerprint density at radius 1 is 1.27 bits per heavy atom. The fourth-order valence-electron chi connectivity index (χ4n) is 2.51. The predicted molar refractivity (Wildman–Crippen MR) is 96.9 cm³/mol. The molecular formula is C18H25N3O5. The molecule has 1 aliphatic rings. The number of nitrogens with zero attached hydrogens (tertiary/aromatic N) is 2. The molecule has 1 aromatic rings. The van der Waals surface area contributed by atoms with Crippen LogP contribution in [0.15, 0.2) is 23.9 Å². The molecular weight excluding hydrogens is 338 g/mol. The van der Waals surface area contributed by atoms with Gasteiger partial charge in [-0.05, 0) is 39.2 Å². The van der Waals surface area contributed by atoms with Gasteiger partial charge in [-0.3, -0.25) is 9.69 Å². The number of likely N-dealkylation sites (N-methyl/N-ethyl adjacent to an activating group) is 1. The number of ether oxygens (including phenoxy) is 2. The summed E-state index contributed by atoms with van der Waals surface area (Å²) in [4.78, 5) is 27.5. The highest BCUT2D eigenvalue weighted by atomic mass is 16.5. The molecule has 1 heterocycles. The van der Waals surface area contributed by atoms with Gasteiger partial charge in [0.15, 0.2) is 0 Å². The SMILES string of the molecule is COc1ccc(/C=C2\NC(=O)N(CC(O)C(C)N(C)C)C2=O)c(OC)c1. The minimum Gasteiger partial charge on any atom is -0.497 e. The van der Waals surface area contributed by atoms with Crippen molar-refractivity contribution < 1.29 is 24.2 Å². The topological polar surface area (TPSA) is 91.3 Å². The van der Waals surface area contributed by atoms with Gasteiger partial charge in [-0.25, -0.2) is 4.79 Å². The minimum absolute atomic E-state index is 0.0822. The Hall–Kier alpha value is -2.58. The molecule has 1 fully saturated rings. The number of hydrogen-bond donors (Lipinski definition) is 2. The Labute approximate surface area is 153 Å². The molecule has 2 atom stereocenters. The Bertz CT molecular complexity index is 717. The van der Waals surface area contributed by atoms with Crippen molar-refractivity contribution in [2.75, 3.05) is 34.9 Å². The third kappa shape index (κ3) is 4.14. The number of carbonyl (C=O) groups is 2. The predicted octanol–water partition coefficient (Wildman–Crippen LogP) is 0.908. The van der Waals surface area contributed by atoms with E-state index >= 15 is 0 Å². The summed E-state index contributed by atoms with van der Waals surface area (Å²) in [5.74, 6) is 0.643. The van der Waals surface area contributed by atoms with Gasteiger partial charge in [0, 0.05) is 17.7 Å². The molecule has 2 unspecified atom stereocenters. The number of imide groups is 1. The van der Waals surface area contributed by atoms with Crippen LogP contribution in [0, 0.1) is 0 Å².